The van der Waals surface area contributed by atoms with Gasteiger partial charge < -0.3 is 5.11 Å². The number of rotatable bonds is 4. The molecule has 1 rings (SSSR count). The van der Waals surface area contributed by atoms with E-state index < -0.39 is 25.1 Å². The molecule has 18 heavy (non-hydrogen) atoms. The van der Waals surface area contributed by atoms with Crippen LogP contribution in [-0.4, -0.2) is 28.9 Å². The van der Waals surface area contributed by atoms with Crippen molar-refractivity contribution in [2.45, 2.75) is 17.2 Å². The van der Waals surface area contributed by atoms with Gasteiger partial charge in [0.1, 0.15) is 6.10 Å². The van der Waals surface area contributed by atoms with Gasteiger partial charge in [0.2, 0.25) is 0 Å². The molecule has 0 aliphatic rings. The summed E-state index contributed by atoms with van der Waals surface area (Å²) in [5.74, 6) is 0. The first-order chi connectivity index (χ1) is 8.07. The van der Waals surface area contributed by atoms with Gasteiger partial charge in [-0.3, -0.25) is 10.1 Å². The van der Waals surface area contributed by atoms with E-state index in [-0.39, 0.29) is 11.3 Å². The minimum absolute atomic E-state index is 0.151. The molecule has 8 heteroatoms. The Hall–Kier alpha value is -1.18. The summed E-state index contributed by atoms with van der Waals surface area (Å²) in [4.78, 5) is 9.87. The van der Waals surface area contributed by atoms with Gasteiger partial charge in [-0.25, -0.2) is 8.42 Å². The number of halogens is 1. The van der Waals surface area contributed by atoms with Gasteiger partial charge in [0, 0.05) is 18.4 Å². The summed E-state index contributed by atoms with van der Waals surface area (Å²) >= 11 is 5.83. The van der Waals surface area contributed by atoms with Gasteiger partial charge in [0.05, 0.1) is 4.92 Å². The molecule has 0 fully saturated rings. The third kappa shape index (κ3) is 2.80. The molecule has 1 aromatic carbocycles. The third-order valence-electron chi connectivity index (χ3n) is 2.63. The first-order valence-electron chi connectivity index (χ1n) is 4.88. The predicted octanol–water partition coefficient (Wildman–Crippen LogP) is 1.63. The Balaban J connectivity index is 3.12. The van der Waals surface area contributed by atoms with E-state index in [0.29, 0.717) is 0 Å². The molecular weight excluding hydrogens is 282 g/mol. The second-order valence-electron chi connectivity index (χ2n) is 4.01. The zero-order valence-corrected chi connectivity index (χ0v) is 11.3. The highest BCUT2D eigenvalue weighted by Crippen LogP contribution is 2.36. The van der Waals surface area contributed by atoms with E-state index in [1.54, 1.807) is 0 Å². The fraction of sp³-hybridized carbons (Fsp3) is 0.400. The Labute approximate surface area is 109 Å². The number of nitro benzene ring substituents is 1. The smallest absolute Gasteiger partial charge is 0.269 e. The van der Waals surface area contributed by atoms with Crippen LogP contribution in [0.1, 0.15) is 18.6 Å². The number of benzene rings is 1. The van der Waals surface area contributed by atoms with Crippen LogP contribution < -0.4 is 0 Å². The second kappa shape index (κ2) is 4.83. The summed E-state index contributed by atoms with van der Waals surface area (Å²) in [5.41, 5.74) is 0.0464. The van der Waals surface area contributed by atoms with Crippen LogP contribution >= 0.6 is 11.6 Å². The number of non-ortho nitro benzene ring substituents is 1. The number of nitrogens with zero attached hydrogens (tertiary/aromatic N) is 1. The van der Waals surface area contributed by atoms with Crippen molar-refractivity contribution >= 4 is 27.1 Å². The number of nitro groups is 1. The molecule has 0 saturated heterocycles. The Bertz CT molecular complexity index is 552. The van der Waals surface area contributed by atoms with E-state index >= 15 is 0 Å². The van der Waals surface area contributed by atoms with Crippen LogP contribution in [0.5, 0.6) is 0 Å². The minimum Gasteiger partial charge on any atom is -0.385 e. The average Bonchev–Trinajstić information content (AvgIpc) is 2.26. The lowest BCUT2D eigenvalue weighted by molar-refractivity contribution is -0.384. The van der Waals surface area contributed by atoms with Crippen molar-refractivity contribution in [1.82, 2.24) is 0 Å². The molecule has 0 unspecified atom stereocenters. The predicted molar refractivity (Wildman–Crippen MR) is 67.2 cm³/mol. The maximum Gasteiger partial charge on any atom is 0.269 e. The summed E-state index contributed by atoms with van der Waals surface area (Å²) in [6, 6.07) is 4.89. The van der Waals surface area contributed by atoms with Crippen molar-refractivity contribution < 1.29 is 18.4 Å². The SMILES string of the molecule is C[C@](Cl)([C@H](O)c1ccc([N+](=O)[O-])cc1)S(C)(=O)=O. The van der Waals surface area contributed by atoms with E-state index in [1.807, 2.05) is 0 Å². The number of sulfone groups is 1. The van der Waals surface area contributed by atoms with Crippen LogP contribution in [0.2, 0.25) is 0 Å². The average molecular weight is 294 g/mol. The third-order valence-corrected chi connectivity index (χ3v) is 5.35. The van der Waals surface area contributed by atoms with E-state index in [0.717, 1.165) is 6.26 Å². The fourth-order valence-electron chi connectivity index (χ4n) is 1.28. The Kier molecular flexibility index (Phi) is 3.99. The summed E-state index contributed by atoms with van der Waals surface area (Å²) < 4.78 is 21.0. The van der Waals surface area contributed by atoms with Crippen molar-refractivity contribution in [3.8, 4) is 0 Å². The molecule has 0 spiro atoms. The normalized spacial score (nSPS) is 16.9. The zero-order valence-electron chi connectivity index (χ0n) is 9.70. The van der Waals surface area contributed by atoms with Gasteiger partial charge in [-0.15, -0.1) is 0 Å². The first kappa shape index (κ1) is 14.9. The molecular formula is C10H12ClNO5S. The van der Waals surface area contributed by atoms with Crippen LogP contribution in [0, 0.1) is 10.1 Å². The summed E-state index contributed by atoms with van der Waals surface area (Å²) in [5, 5.41) is 20.4. The highest BCUT2D eigenvalue weighted by molar-refractivity contribution is 7.93. The summed E-state index contributed by atoms with van der Waals surface area (Å²) in [6.07, 6.45) is -0.566. The van der Waals surface area contributed by atoms with Crippen LogP contribution in [0.15, 0.2) is 24.3 Å². The van der Waals surface area contributed by atoms with Crippen molar-refractivity contribution in [2.24, 2.45) is 0 Å². The summed E-state index contributed by atoms with van der Waals surface area (Å²) in [7, 11) is -3.69. The van der Waals surface area contributed by atoms with Gasteiger partial charge in [0.15, 0.2) is 14.0 Å². The van der Waals surface area contributed by atoms with Gasteiger partial charge >= 0.3 is 0 Å². The molecule has 0 amide bonds. The quantitative estimate of drug-likeness (QED) is 0.517. The molecule has 6 nitrogen and oxygen atoms in total. The molecule has 0 aliphatic heterocycles. The van der Waals surface area contributed by atoms with Gasteiger partial charge in [-0.2, -0.15) is 0 Å². The number of aliphatic hydroxyl groups is 1. The van der Waals surface area contributed by atoms with Gasteiger partial charge in [0.25, 0.3) is 5.69 Å². The fourth-order valence-corrected chi connectivity index (χ4v) is 1.95. The van der Waals surface area contributed by atoms with Crippen LogP contribution in [0.4, 0.5) is 5.69 Å². The molecule has 2 atom stereocenters. The highest BCUT2D eigenvalue weighted by atomic mass is 35.5. The standard InChI is InChI=1S/C10H12ClNO5S/c1-10(11,18(2,16)17)9(13)7-3-5-8(6-4-7)12(14)15/h3-6,9,13H,1-2H3/t9-,10-/m1/s1. The number of hydrogen-bond donors (Lipinski definition) is 1. The topological polar surface area (TPSA) is 97.5 Å². The molecule has 0 saturated carbocycles. The zero-order chi connectivity index (χ0) is 14.1. The molecule has 1 N–H and O–H groups in total. The number of hydrogen-bond acceptors (Lipinski definition) is 5. The molecule has 100 valence electrons. The van der Waals surface area contributed by atoms with E-state index in [9.17, 15) is 23.6 Å². The van der Waals surface area contributed by atoms with Crippen LogP contribution in [0.3, 0.4) is 0 Å². The number of aliphatic hydroxyl groups excluding tert-OH is 1. The molecule has 0 aromatic heterocycles. The molecule has 1 aromatic rings. The Morgan fingerprint density at radius 1 is 1.39 bits per heavy atom. The van der Waals surface area contributed by atoms with Crippen LogP contribution in [-0.2, 0) is 9.84 Å². The first-order valence-corrected chi connectivity index (χ1v) is 7.15. The lowest BCUT2D eigenvalue weighted by atomic mass is 10.1. The largest absolute Gasteiger partial charge is 0.385 e. The highest BCUT2D eigenvalue weighted by Gasteiger charge is 2.41. The lowest BCUT2D eigenvalue weighted by Crippen LogP contribution is -2.35. The number of alkyl halides is 1. The molecule has 0 bridgehead atoms. The monoisotopic (exact) mass is 293 g/mol. The Morgan fingerprint density at radius 3 is 2.17 bits per heavy atom. The van der Waals surface area contributed by atoms with Crippen molar-refractivity contribution in [3.05, 3.63) is 39.9 Å². The van der Waals surface area contributed by atoms with E-state index in [4.69, 9.17) is 11.6 Å². The van der Waals surface area contributed by atoms with E-state index in [2.05, 4.69) is 0 Å². The van der Waals surface area contributed by atoms with Crippen molar-refractivity contribution in [2.75, 3.05) is 6.26 Å². The maximum atomic E-state index is 11.4. The maximum absolute atomic E-state index is 11.4. The Morgan fingerprint density at radius 2 is 1.83 bits per heavy atom. The van der Waals surface area contributed by atoms with E-state index in [1.165, 1.54) is 31.2 Å². The summed E-state index contributed by atoms with van der Waals surface area (Å²) in [6.45, 7) is 1.18. The molecule has 0 radical (unpaired) electrons. The molecule has 0 heterocycles. The second-order valence-corrected chi connectivity index (χ2v) is 7.41. The minimum atomic E-state index is -3.69. The van der Waals surface area contributed by atoms with Gasteiger partial charge in [-0.1, -0.05) is 11.6 Å². The van der Waals surface area contributed by atoms with Gasteiger partial charge in [-0.05, 0) is 24.6 Å². The van der Waals surface area contributed by atoms with Crippen molar-refractivity contribution in [1.29, 1.82) is 0 Å². The van der Waals surface area contributed by atoms with Crippen molar-refractivity contribution in [3.63, 3.8) is 0 Å². The van der Waals surface area contributed by atoms with Crippen LogP contribution in [0.25, 0.3) is 0 Å². The lowest BCUT2D eigenvalue weighted by Gasteiger charge is -2.26. The molecule has 0 aliphatic carbocycles.